The lowest BCUT2D eigenvalue weighted by Gasteiger charge is -2.03. The first-order chi connectivity index (χ1) is 12.0. The van der Waals surface area contributed by atoms with Gasteiger partial charge in [-0.1, -0.05) is 22.9 Å². The molecule has 0 saturated carbocycles. The van der Waals surface area contributed by atoms with Crippen LogP contribution in [0.25, 0.3) is 10.2 Å². The smallest absolute Gasteiger partial charge is 0.282 e. The number of ether oxygens (including phenoxy) is 1. The molecule has 3 aromatic rings. The number of rotatable bonds is 5. The normalized spacial score (nSPS) is 10.6. The van der Waals surface area contributed by atoms with Crippen LogP contribution >= 0.6 is 22.9 Å². The minimum absolute atomic E-state index is 0.119. The van der Waals surface area contributed by atoms with E-state index in [0.717, 1.165) is 4.70 Å². The molecular weight excluding hydrogens is 366 g/mol. The molecule has 128 valence electrons. The number of nitro benzene ring substituents is 1. The molecule has 1 aromatic heterocycles. The maximum absolute atomic E-state index is 12.4. The van der Waals surface area contributed by atoms with E-state index in [-0.39, 0.29) is 16.3 Å². The number of hydrogen-bond donors (Lipinski definition) is 1. The minimum Gasteiger partial charge on any atom is -0.494 e. The monoisotopic (exact) mass is 377 g/mol. The first-order valence-corrected chi connectivity index (χ1v) is 8.46. The lowest BCUT2D eigenvalue weighted by atomic mass is 10.1. The van der Waals surface area contributed by atoms with E-state index < -0.39 is 10.8 Å². The summed E-state index contributed by atoms with van der Waals surface area (Å²) in [4.78, 5) is 27.2. The number of benzene rings is 2. The Morgan fingerprint density at radius 1 is 1.36 bits per heavy atom. The summed E-state index contributed by atoms with van der Waals surface area (Å²) >= 11 is 7.10. The third-order valence-electron chi connectivity index (χ3n) is 3.29. The van der Waals surface area contributed by atoms with E-state index in [9.17, 15) is 14.9 Å². The number of anilines is 1. The molecule has 0 unspecified atom stereocenters. The van der Waals surface area contributed by atoms with Gasteiger partial charge in [-0.25, -0.2) is 4.98 Å². The van der Waals surface area contributed by atoms with Crippen molar-refractivity contribution in [1.29, 1.82) is 0 Å². The Hall–Kier alpha value is -2.71. The summed E-state index contributed by atoms with van der Waals surface area (Å²) in [6.07, 6.45) is 0. The van der Waals surface area contributed by atoms with Crippen molar-refractivity contribution in [2.75, 3.05) is 11.9 Å². The minimum atomic E-state index is -0.640. The second-order valence-electron chi connectivity index (χ2n) is 4.95. The van der Waals surface area contributed by atoms with Crippen molar-refractivity contribution in [2.24, 2.45) is 0 Å². The Labute approximate surface area is 151 Å². The molecule has 0 atom stereocenters. The average molecular weight is 378 g/mol. The number of amides is 1. The Kier molecular flexibility index (Phi) is 4.82. The molecule has 2 aromatic carbocycles. The summed E-state index contributed by atoms with van der Waals surface area (Å²) < 4.78 is 6.27. The maximum atomic E-state index is 12.4. The van der Waals surface area contributed by atoms with Gasteiger partial charge in [-0.15, -0.1) is 0 Å². The Balaban J connectivity index is 1.89. The van der Waals surface area contributed by atoms with E-state index in [1.165, 1.54) is 29.5 Å². The first kappa shape index (κ1) is 17.1. The Bertz CT molecular complexity index is 973. The molecule has 0 saturated heterocycles. The van der Waals surface area contributed by atoms with E-state index in [2.05, 4.69) is 10.3 Å². The molecule has 7 nitrogen and oxygen atoms in total. The van der Waals surface area contributed by atoms with Gasteiger partial charge in [0.05, 0.1) is 21.7 Å². The molecule has 25 heavy (non-hydrogen) atoms. The number of nitro groups is 1. The van der Waals surface area contributed by atoms with Crippen molar-refractivity contribution in [3.8, 4) is 5.75 Å². The topological polar surface area (TPSA) is 94.4 Å². The van der Waals surface area contributed by atoms with E-state index in [0.29, 0.717) is 23.0 Å². The quantitative estimate of drug-likeness (QED) is 0.521. The van der Waals surface area contributed by atoms with Gasteiger partial charge in [0.1, 0.15) is 11.3 Å². The van der Waals surface area contributed by atoms with Gasteiger partial charge in [0, 0.05) is 11.1 Å². The van der Waals surface area contributed by atoms with Gasteiger partial charge in [-0.05, 0) is 37.3 Å². The molecule has 0 aliphatic carbocycles. The van der Waals surface area contributed by atoms with Crippen LogP contribution in [0, 0.1) is 10.1 Å². The van der Waals surface area contributed by atoms with Gasteiger partial charge in [-0.3, -0.25) is 20.2 Å². The fraction of sp³-hybridized carbons (Fsp3) is 0.125. The van der Waals surface area contributed by atoms with Crippen molar-refractivity contribution in [3.05, 3.63) is 57.1 Å². The number of carbonyl (C=O) groups is 1. The maximum Gasteiger partial charge on any atom is 0.282 e. The van der Waals surface area contributed by atoms with Crippen LogP contribution < -0.4 is 10.1 Å². The Morgan fingerprint density at radius 3 is 2.88 bits per heavy atom. The predicted octanol–water partition coefficient (Wildman–Crippen LogP) is 4.51. The zero-order valence-electron chi connectivity index (χ0n) is 13.0. The zero-order chi connectivity index (χ0) is 18.0. The molecule has 0 aliphatic heterocycles. The highest BCUT2D eigenvalue weighted by Crippen LogP contribution is 2.30. The standard InChI is InChI=1S/C16H12ClN3O4S/c1-2-24-10-4-5-12-14(8-10)25-16(18-12)19-15(21)11-7-9(17)3-6-13(11)20(22)23/h3-8H,2H2,1H3,(H,18,19,21). The van der Waals surface area contributed by atoms with E-state index in [4.69, 9.17) is 16.3 Å². The van der Waals surface area contributed by atoms with Crippen LogP contribution in [-0.4, -0.2) is 22.4 Å². The number of thiazole rings is 1. The van der Waals surface area contributed by atoms with Gasteiger partial charge in [0.15, 0.2) is 5.13 Å². The number of fused-ring (bicyclic) bond motifs is 1. The van der Waals surface area contributed by atoms with E-state index in [1.807, 2.05) is 13.0 Å². The molecule has 1 N–H and O–H groups in total. The number of aromatic nitrogens is 1. The second-order valence-corrected chi connectivity index (χ2v) is 6.42. The predicted molar refractivity (Wildman–Crippen MR) is 96.8 cm³/mol. The lowest BCUT2D eigenvalue weighted by Crippen LogP contribution is -2.13. The SMILES string of the molecule is CCOc1ccc2nc(NC(=O)c3cc(Cl)ccc3[N+](=O)[O-])sc2c1. The van der Waals surface area contributed by atoms with Gasteiger partial charge >= 0.3 is 0 Å². The van der Waals surface area contributed by atoms with Crippen LogP contribution in [0.3, 0.4) is 0 Å². The molecule has 3 rings (SSSR count). The largest absolute Gasteiger partial charge is 0.494 e. The van der Waals surface area contributed by atoms with Gasteiger partial charge in [-0.2, -0.15) is 0 Å². The molecule has 0 spiro atoms. The molecule has 0 fully saturated rings. The van der Waals surface area contributed by atoms with Crippen LogP contribution in [0.2, 0.25) is 5.02 Å². The molecular formula is C16H12ClN3O4S. The molecule has 0 aliphatic rings. The number of nitrogens with one attached hydrogen (secondary N) is 1. The van der Waals surface area contributed by atoms with Crippen LogP contribution in [0.4, 0.5) is 10.8 Å². The van der Waals surface area contributed by atoms with Gasteiger partial charge in [0.25, 0.3) is 11.6 Å². The van der Waals surface area contributed by atoms with Gasteiger partial charge in [0.2, 0.25) is 0 Å². The van der Waals surface area contributed by atoms with Crippen molar-refractivity contribution in [3.63, 3.8) is 0 Å². The van der Waals surface area contributed by atoms with E-state index >= 15 is 0 Å². The highest BCUT2D eigenvalue weighted by atomic mass is 35.5. The fourth-order valence-electron chi connectivity index (χ4n) is 2.23. The van der Waals surface area contributed by atoms with Crippen LogP contribution in [0.5, 0.6) is 5.75 Å². The summed E-state index contributed by atoms with van der Waals surface area (Å²) in [5, 5.41) is 14.2. The second kappa shape index (κ2) is 7.04. The summed E-state index contributed by atoms with van der Waals surface area (Å²) in [6.45, 7) is 2.44. The number of carbonyl (C=O) groups excluding carboxylic acids is 1. The molecule has 0 radical (unpaired) electrons. The molecule has 1 heterocycles. The number of halogens is 1. The molecule has 1 amide bonds. The summed E-state index contributed by atoms with van der Waals surface area (Å²) in [7, 11) is 0. The Morgan fingerprint density at radius 2 is 2.16 bits per heavy atom. The number of nitrogens with zero attached hydrogens (tertiary/aromatic N) is 2. The summed E-state index contributed by atoms with van der Waals surface area (Å²) in [5.74, 6) is 0.0697. The number of hydrogen-bond acceptors (Lipinski definition) is 6. The first-order valence-electron chi connectivity index (χ1n) is 7.26. The van der Waals surface area contributed by atoms with Crippen molar-refractivity contribution in [2.45, 2.75) is 6.92 Å². The van der Waals surface area contributed by atoms with Crippen LogP contribution in [0.1, 0.15) is 17.3 Å². The van der Waals surface area contributed by atoms with Crippen molar-refractivity contribution in [1.82, 2.24) is 4.98 Å². The van der Waals surface area contributed by atoms with Crippen molar-refractivity contribution < 1.29 is 14.5 Å². The summed E-state index contributed by atoms with van der Waals surface area (Å²) in [5.41, 5.74) is 0.262. The van der Waals surface area contributed by atoms with Gasteiger partial charge < -0.3 is 4.74 Å². The molecule has 0 bridgehead atoms. The average Bonchev–Trinajstić information content (AvgIpc) is 2.96. The lowest BCUT2D eigenvalue weighted by molar-refractivity contribution is -0.385. The molecule has 9 heteroatoms. The fourth-order valence-corrected chi connectivity index (χ4v) is 3.29. The van der Waals surface area contributed by atoms with Crippen molar-refractivity contribution >= 4 is 49.9 Å². The third kappa shape index (κ3) is 3.70. The summed E-state index contributed by atoms with van der Waals surface area (Å²) in [6, 6.07) is 9.23. The highest BCUT2D eigenvalue weighted by molar-refractivity contribution is 7.22. The van der Waals surface area contributed by atoms with Crippen LogP contribution in [0.15, 0.2) is 36.4 Å². The zero-order valence-corrected chi connectivity index (χ0v) is 14.6. The highest BCUT2D eigenvalue weighted by Gasteiger charge is 2.21. The van der Waals surface area contributed by atoms with E-state index in [1.54, 1.807) is 12.1 Å². The van der Waals surface area contributed by atoms with Crippen LogP contribution in [-0.2, 0) is 0 Å². The third-order valence-corrected chi connectivity index (χ3v) is 4.46.